The lowest BCUT2D eigenvalue weighted by molar-refractivity contribution is 0.529. The van der Waals surface area contributed by atoms with E-state index in [9.17, 15) is 11.5 Å². The maximum atomic E-state index is 10.9. The molecule has 0 atom stereocenters. The molecule has 1 rings (SSSR count). The summed E-state index contributed by atoms with van der Waals surface area (Å²) in [6.45, 7) is 2.29. The lowest BCUT2D eigenvalue weighted by Gasteiger charge is -2.04. The first kappa shape index (κ1) is 30.6. The molecule has 0 spiro atoms. The molecule has 1 aromatic rings. The van der Waals surface area contributed by atoms with Crippen LogP contribution in [0.5, 0.6) is 0 Å². The number of hydrogen-bond donors (Lipinski definition) is 2. The van der Waals surface area contributed by atoms with E-state index in [1.54, 1.807) is 0 Å². The van der Waals surface area contributed by atoms with E-state index in [2.05, 4.69) is 29.3 Å². The van der Waals surface area contributed by atoms with E-state index in [4.69, 9.17) is 0 Å². The van der Waals surface area contributed by atoms with Crippen molar-refractivity contribution < 1.29 is 11.5 Å². The third-order valence-corrected chi connectivity index (χ3v) is 6.55. The minimum absolute atomic E-state index is 0.989. The van der Waals surface area contributed by atoms with Crippen molar-refractivity contribution in [1.29, 1.82) is 0 Å². The third-order valence-electron chi connectivity index (χ3n) is 5.32. The van der Waals surface area contributed by atoms with Crippen molar-refractivity contribution in [3.05, 3.63) is 33.4 Å². The second-order valence-electron chi connectivity index (χ2n) is 8.35. The predicted octanol–water partition coefficient (Wildman–Crippen LogP) is 7.13. The van der Waals surface area contributed by atoms with Crippen molar-refractivity contribution >= 4 is 31.4 Å². The lowest BCUT2D eigenvalue weighted by Crippen LogP contribution is -2.21. The highest BCUT2D eigenvalue weighted by Gasteiger charge is 1.97. The summed E-state index contributed by atoms with van der Waals surface area (Å²) in [6, 6.07) is 8.36. The Labute approximate surface area is 202 Å². The van der Waals surface area contributed by atoms with Gasteiger partial charge in [-0.05, 0) is 30.5 Å². The normalized spacial score (nSPS) is 11.2. The number of aryl methyl sites for hydroxylation is 1. The van der Waals surface area contributed by atoms with Gasteiger partial charge in [0, 0.05) is 3.57 Å². The molecule has 1 aromatic carbocycles. The highest BCUT2D eigenvalue weighted by atomic mass is 127. The molecule has 5 nitrogen and oxygen atoms in total. The van der Waals surface area contributed by atoms with Gasteiger partial charge in [-0.3, -0.25) is 3.07 Å². The van der Waals surface area contributed by atoms with E-state index in [0.717, 1.165) is 3.57 Å². The Morgan fingerprint density at radius 3 is 1.29 bits per heavy atom. The van der Waals surface area contributed by atoms with E-state index in [0.29, 0.717) is 0 Å². The maximum absolute atomic E-state index is 10.9. The standard InChI is InChI=1S/C24H41IO.H4N2O2S/c1-2-3-4-5-6-7-8-9-10-11-12-13-14-15-16-17-18-23-19-21-24(25-26)22-20-23;1-5(2,3)4/h19-22H,2-18H2,1H3;(H4,1,2,3,4). The Morgan fingerprint density at radius 1 is 0.645 bits per heavy atom. The van der Waals surface area contributed by atoms with Crippen molar-refractivity contribution in [3.8, 4) is 0 Å². The molecule has 0 aliphatic carbocycles. The van der Waals surface area contributed by atoms with Gasteiger partial charge < -0.3 is 0 Å². The number of unbranched alkanes of at least 4 members (excludes halogenated alkanes) is 15. The Balaban J connectivity index is 0.00000161. The first-order valence-corrected chi connectivity index (χ1v) is 15.6. The number of hydrogen-bond acceptors (Lipinski definition) is 3. The molecular formula is C24H45IN2O3S. The highest BCUT2D eigenvalue weighted by Crippen LogP contribution is 2.15. The van der Waals surface area contributed by atoms with Crippen molar-refractivity contribution in [2.45, 2.75) is 116 Å². The van der Waals surface area contributed by atoms with Gasteiger partial charge in [-0.1, -0.05) is 115 Å². The predicted molar refractivity (Wildman–Crippen MR) is 140 cm³/mol. The zero-order valence-corrected chi connectivity index (χ0v) is 22.5. The SMILES string of the molecule is CCCCCCCCCCCCCCCCCCc1ccc(I=O)cc1.NS(N)(=O)=O. The van der Waals surface area contributed by atoms with Gasteiger partial charge in [0.05, 0.1) is 0 Å². The molecule has 182 valence electrons. The fourth-order valence-electron chi connectivity index (χ4n) is 3.58. The molecule has 31 heavy (non-hydrogen) atoms. The molecule has 0 amide bonds. The minimum Gasteiger partial charge on any atom is -0.265 e. The quantitative estimate of drug-likeness (QED) is 0.145. The van der Waals surface area contributed by atoms with Crippen LogP contribution in [0.15, 0.2) is 24.3 Å². The fraction of sp³-hybridized carbons (Fsp3) is 0.750. The van der Waals surface area contributed by atoms with Gasteiger partial charge in [-0.2, -0.15) is 8.42 Å². The molecule has 0 unspecified atom stereocenters. The van der Waals surface area contributed by atoms with Gasteiger partial charge in [0.25, 0.3) is 10.2 Å². The summed E-state index contributed by atoms with van der Waals surface area (Å²) in [4.78, 5) is 0. The molecule has 4 N–H and O–H groups in total. The molecule has 0 aliphatic heterocycles. The average Bonchev–Trinajstić information content (AvgIpc) is 2.72. The molecule has 0 radical (unpaired) electrons. The summed E-state index contributed by atoms with van der Waals surface area (Å²) >= 11 is -0.989. The zero-order chi connectivity index (χ0) is 23.2. The van der Waals surface area contributed by atoms with E-state index >= 15 is 0 Å². The van der Waals surface area contributed by atoms with Crippen LogP contribution in [0.3, 0.4) is 0 Å². The Hall–Kier alpha value is -0.380. The van der Waals surface area contributed by atoms with Crippen LogP contribution in [0.1, 0.15) is 115 Å². The van der Waals surface area contributed by atoms with Crippen LogP contribution in [-0.4, -0.2) is 8.42 Å². The van der Waals surface area contributed by atoms with Gasteiger partial charge in [-0.15, -0.1) is 0 Å². The van der Waals surface area contributed by atoms with E-state index < -0.39 is 31.4 Å². The van der Waals surface area contributed by atoms with Gasteiger partial charge in [0.2, 0.25) is 0 Å². The molecule has 0 bridgehead atoms. The van der Waals surface area contributed by atoms with Crippen molar-refractivity contribution in [1.82, 2.24) is 0 Å². The summed E-state index contributed by atoms with van der Waals surface area (Å²) in [7, 11) is -3.67. The molecular weight excluding hydrogens is 523 g/mol. The summed E-state index contributed by atoms with van der Waals surface area (Å²) in [5.74, 6) is 0. The fourth-order valence-corrected chi connectivity index (χ4v) is 4.23. The molecule has 7 heteroatoms. The Kier molecular flexibility index (Phi) is 21.2. The monoisotopic (exact) mass is 568 g/mol. The number of rotatable bonds is 18. The topological polar surface area (TPSA) is 103 Å². The van der Waals surface area contributed by atoms with Crippen LogP contribution in [0.4, 0.5) is 0 Å². The second-order valence-corrected chi connectivity index (χ2v) is 11.2. The van der Waals surface area contributed by atoms with Crippen molar-refractivity contribution in [2.24, 2.45) is 10.3 Å². The highest BCUT2D eigenvalue weighted by molar-refractivity contribution is 14.1. The van der Waals surface area contributed by atoms with E-state index in [1.807, 2.05) is 12.1 Å². The van der Waals surface area contributed by atoms with Crippen LogP contribution >= 0.6 is 21.2 Å². The number of halogens is 1. The third kappa shape index (κ3) is 25.8. The first-order valence-electron chi connectivity index (χ1n) is 12.0. The largest absolute Gasteiger partial charge is 0.271 e. The van der Waals surface area contributed by atoms with Crippen LogP contribution < -0.4 is 10.3 Å². The lowest BCUT2D eigenvalue weighted by atomic mass is 10.0. The first-order chi connectivity index (χ1) is 14.9. The Morgan fingerprint density at radius 2 is 0.968 bits per heavy atom. The summed E-state index contributed by atoms with van der Waals surface area (Å²) in [5, 5.41) is 8.21. The molecule has 0 aliphatic rings. The van der Waals surface area contributed by atoms with Gasteiger partial charge >= 0.3 is 0 Å². The summed E-state index contributed by atoms with van der Waals surface area (Å²) in [5.41, 5.74) is 1.40. The van der Waals surface area contributed by atoms with Gasteiger partial charge in [-0.25, -0.2) is 10.3 Å². The molecule has 0 saturated heterocycles. The summed E-state index contributed by atoms with van der Waals surface area (Å²) < 4.78 is 30.3. The van der Waals surface area contributed by atoms with Crippen LogP contribution in [-0.2, 0) is 19.7 Å². The number of nitrogens with two attached hydrogens (primary N) is 2. The zero-order valence-electron chi connectivity index (χ0n) is 19.5. The van der Waals surface area contributed by atoms with E-state index in [1.165, 1.54) is 115 Å². The second kappa shape index (κ2) is 21.5. The summed E-state index contributed by atoms with van der Waals surface area (Å²) in [6.07, 6.45) is 23.9. The minimum atomic E-state index is -3.67. The van der Waals surface area contributed by atoms with Crippen molar-refractivity contribution in [2.75, 3.05) is 0 Å². The maximum Gasteiger partial charge on any atom is 0.271 e. The average molecular weight is 569 g/mol. The van der Waals surface area contributed by atoms with E-state index in [-0.39, 0.29) is 0 Å². The van der Waals surface area contributed by atoms with Crippen LogP contribution in [0.2, 0.25) is 0 Å². The molecule has 0 heterocycles. The van der Waals surface area contributed by atoms with Gasteiger partial charge in [0.15, 0.2) is 21.2 Å². The van der Waals surface area contributed by atoms with Gasteiger partial charge in [0.1, 0.15) is 0 Å². The smallest absolute Gasteiger partial charge is 0.265 e. The van der Waals surface area contributed by atoms with Crippen LogP contribution in [0.25, 0.3) is 0 Å². The molecule has 0 fully saturated rings. The molecule has 0 aromatic heterocycles. The Bertz CT molecular complexity index is 629. The van der Waals surface area contributed by atoms with Crippen LogP contribution in [0, 0.1) is 3.57 Å². The van der Waals surface area contributed by atoms with Crippen molar-refractivity contribution in [3.63, 3.8) is 0 Å². The molecule has 0 saturated carbocycles. The number of benzene rings is 1.